The van der Waals surface area contributed by atoms with Crippen molar-refractivity contribution < 1.29 is 4.79 Å². The minimum Gasteiger partial charge on any atom is -0.384 e. The molecule has 40 heavy (non-hydrogen) atoms. The van der Waals surface area contributed by atoms with E-state index in [1.165, 1.54) is 5.56 Å². The molecule has 3 aromatic carbocycles. The van der Waals surface area contributed by atoms with Crippen molar-refractivity contribution >= 4 is 50.6 Å². The van der Waals surface area contributed by atoms with Gasteiger partial charge in [-0.25, -0.2) is 4.98 Å². The first-order valence-corrected chi connectivity index (χ1v) is 14.1. The summed E-state index contributed by atoms with van der Waals surface area (Å²) in [5.41, 5.74) is 6.81. The van der Waals surface area contributed by atoms with Crippen LogP contribution in [-0.4, -0.2) is 27.0 Å². The summed E-state index contributed by atoms with van der Waals surface area (Å²) in [7, 11) is 0. The van der Waals surface area contributed by atoms with Gasteiger partial charge >= 0.3 is 0 Å². The average molecular weight is 614 g/mol. The van der Waals surface area contributed by atoms with Crippen LogP contribution in [0.25, 0.3) is 16.9 Å². The highest BCUT2D eigenvalue weighted by molar-refractivity contribution is 9.10. The van der Waals surface area contributed by atoms with Gasteiger partial charge in [-0.15, -0.1) is 0 Å². The maximum absolute atomic E-state index is 12.4. The number of rotatable bonds is 8. The molecule has 7 nitrogen and oxygen atoms in total. The Bertz CT molecular complexity index is 1720. The van der Waals surface area contributed by atoms with E-state index in [0.717, 1.165) is 44.9 Å². The Kier molecular flexibility index (Phi) is 7.53. The van der Waals surface area contributed by atoms with Gasteiger partial charge in [0.1, 0.15) is 5.82 Å². The van der Waals surface area contributed by atoms with Crippen LogP contribution < -0.4 is 16.0 Å². The Balaban J connectivity index is 1.08. The molecule has 0 saturated heterocycles. The maximum atomic E-state index is 12.4. The normalized spacial score (nSPS) is 14.3. The van der Waals surface area contributed by atoms with Crippen LogP contribution in [0.4, 0.5) is 11.5 Å². The van der Waals surface area contributed by atoms with Gasteiger partial charge in [-0.3, -0.25) is 4.79 Å². The summed E-state index contributed by atoms with van der Waals surface area (Å²) in [6, 6.07) is 26.0. The van der Waals surface area contributed by atoms with Crippen molar-refractivity contribution in [3.63, 3.8) is 0 Å². The number of amides is 1. The van der Waals surface area contributed by atoms with E-state index in [9.17, 15) is 4.79 Å². The lowest BCUT2D eigenvalue weighted by atomic mass is 10.0. The monoisotopic (exact) mass is 612 g/mol. The second-order valence-corrected chi connectivity index (χ2v) is 10.8. The van der Waals surface area contributed by atoms with Gasteiger partial charge in [-0.1, -0.05) is 78.3 Å². The summed E-state index contributed by atoms with van der Waals surface area (Å²) in [6.07, 6.45) is 5.33. The number of carbonyl (C=O) groups excluding carboxylic acids is 1. The van der Waals surface area contributed by atoms with Crippen LogP contribution in [0.1, 0.15) is 22.6 Å². The van der Waals surface area contributed by atoms with Gasteiger partial charge in [0.05, 0.1) is 16.4 Å². The summed E-state index contributed by atoms with van der Waals surface area (Å²) < 4.78 is 2.57. The number of nitrogens with one attached hydrogen (secondary N) is 3. The number of hydrogen-bond donors (Lipinski definition) is 3. The fraction of sp³-hybridized carbons (Fsp3) is 0.129. The molecule has 0 spiro atoms. The molecule has 0 fully saturated rings. The Labute approximate surface area is 245 Å². The predicted octanol–water partition coefficient (Wildman–Crippen LogP) is 6.81. The lowest BCUT2D eigenvalue weighted by Crippen LogP contribution is -2.20. The summed E-state index contributed by atoms with van der Waals surface area (Å²) in [5, 5.41) is 14.9. The molecule has 6 rings (SSSR count). The van der Waals surface area contributed by atoms with Crippen LogP contribution in [0.15, 0.2) is 102 Å². The van der Waals surface area contributed by atoms with Gasteiger partial charge in [0.25, 0.3) is 0 Å². The smallest absolute Gasteiger partial charge is 0.243 e. The number of nitrogens with zero attached hydrogens (tertiary/aromatic N) is 3. The maximum Gasteiger partial charge on any atom is 0.243 e. The molecular weight excluding hydrogens is 588 g/mol. The molecule has 200 valence electrons. The SMILES string of the molecule is O=C(/C=C/C1CNc2ccccc21)NCc1ccc(CNc2cc(-c3ccccc3Cl)nc3c(Br)cnn23)cc1. The van der Waals surface area contributed by atoms with E-state index in [1.54, 1.807) is 16.8 Å². The standard InChI is InChI=1S/C31H26BrClN6O/c32-25-19-37-39-29(15-28(38-31(25)39)24-6-1-3-7-26(24)33)35-16-20-9-11-21(12-10-20)17-36-30(40)14-13-22-18-34-27-8-4-2-5-23(22)27/h1-15,19,22,34-35H,16-18H2,(H,36,40)/b14-13+. The third-order valence-electron chi connectivity index (χ3n) is 6.89. The zero-order valence-electron chi connectivity index (χ0n) is 21.4. The van der Waals surface area contributed by atoms with E-state index in [-0.39, 0.29) is 11.8 Å². The third kappa shape index (κ3) is 5.59. The molecule has 1 aliphatic rings. The van der Waals surface area contributed by atoms with Crippen LogP contribution in [-0.2, 0) is 17.9 Å². The van der Waals surface area contributed by atoms with Gasteiger partial charge in [0, 0.05) is 47.9 Å². The average Bonchev–Trinajstić information content (AvgIpc) is 3.57. The van der Waals surface area contributed by atoms with Crippen LogP contribution in [0.5, 0.6) is 0 Å². The Morgan fingerprint density at radius 2 is 1.80 bits per heavy atom. The fourth-order valence-corrected chi connectivity index (χ4v) is 5.35. The van der Waals surface area contributed by atoms with Gasteiger partial charge in [-0.05, 0) is 50.8 Å². The minimum atomic E-state index is -0.100. The number of halogens is 2. The summed E-state index contributed by atoms with van der Waals surface area (Å²) in [6.45, 7) is 1.86. The molecule has 0 bridgehead atoms. The molecule has 5 aromatic rings. The Morgan fingerprint density at radius 3 is 2.62 bits per heavy atom. The number of benzene rings is 3. The van der Waals surface area contributed by atoms with Gasteiger partial charge in [-0.2, -0.15) is 9.61 Å². The summed E-state index contributed by atoms with van der Waals surface area (Å²) in [5.74, 6) is 0.907. The van der Waals surface area contributed by atoms with Gasteiger partial charge in [0.15, 0.2) is 5.65 Å². The largest absolute Gasteiger partial charge is 0.384 e. The summed E-state index contributed by atoms with van der Waals surface area (Å²) in [4.78, 5) is 17.2. The van der Waals surface area contributed by atoms with E-state index in [1.807, 2.05) is 60.7 Å². The molecule has 1 unspecified atom stereocenters. The fourth-order valence-electron chi connectivity index (χ4n) is 4.77. The first kappa shape index (κ1) is 26.1. The van der Waals surface area contributed by atoms with E-state index < -0.39 is 0 Å². The molecule has 3 heterocycles. The van der Waals surface area contributed by atoms with E-state index >= 15 is 0 Å². The highest BCUT2D eigenvalue weighted by Gasteiger charge is 2.19. The van der Waals surface area contributed by atoms with Crippen molar-refractivity contribution in [1.82, 2.24) is 19.9 Å². The molecule has 0 aliphatic carbocycles. The number of carbonyl (C=O) groups is 1. The number of fused-ring (bicyclic) bond motifs is 2. The molecular formula is C31H26BrClN6O. The zero-order chi connectivity index (χ0) is 27.5. The molecule has 2 aromatic heterocycles. The van der Waals surface area contributed by atoms with Crippen molar-refractivity contribution in [2.45, 2.75) is 19.0 Å². The Morgan fingerprint density at radius 1 is 1.05 bits per heavy atom. The molecule has 1 amide bonds. The summed E-state index contributed by atoms with van der Waals surface area (Å²) >= 11 is 9.99. The van der Waals surface area contributed by atoms with Crippen molar-refractivity contribution in [3.8, 4) is 11.3 Å². The molecule has 3 N–H and O–H groups in total. The molecule has 0 radical (unpaired) electrons. The van der Waals surface area contributed by atoms with Crippen LogP contribution >= 0.6 is 27.5 Å². The second kappa shape index (κ2) is 11.5. The third-order valence-corrected chi connectivity index (χ3v) is 7.78. The number of hydrogen-bond acceptors (Lipinski definition) is 5. The van der Waals surface area contributed by atoms with Crippen molar-refractivity contribution in [3.05, 3.63) is 123 Å². The minimum absolute atomic E-state index is 0.100. The molecule has 0 saturated carbocycles. The van der Waals surface area contributed by atoms with E-state index in [2.05, 4.69) is 61.2 Å². The number of aromatic nitrogens is 3. The topological polar surface area (TPSA) is 83.4 Å². The van der Waals surface area contributed by atoms with Crippen LogP contribution in [0, 0.1) is 0 Å². The van der Waals surface area contributed by atoms with Crippen molar-refractivity contribution in [1.29, 1.82) is 0 Å². The number of para-hydroxylation sites is 1. The van der Waals surface area contributed by atoms with Crippen molar-refractivity contribution in [2.75, 3.05) is 17.2 Å². The predicted molar refractivity (Wildman–Crippen MR) is 164 cm³/mol. The first-order chi connectivity index (χ1) is 19.5. The van der Waals surface area contributed by atoms with E-state index in [4.69, 9.17) is 16.6 Å². The first-order valence-electron chi connectivity index (χ1n) is 12.9. The quantitative estimate of drug-likeness (QED) is 0.168. The second-order valence-electron chi connectivity index (χ2n) is 9.56. The molecule has 1 aliphatic heterocycles. The highest BCUT2D eigenvalue weighted by atomic mass is 79.9. The lowest BCUT2D eigenvalue weighted by Gasteiger charge is -2.12. The van der Waals surface area contributed by atoms with Crippen LogP contribution in [0.3, 0.4) is 0 Å². The highest BCUT2D eigenvalue weighted by Crippen LogP contribution is 2.32. The van der Waals surface area contributed by atoms with E-state index in [0.29, 0.717) is 23.8 Å². The zero-order valence-corrected chi connectivity index (χ0v) is 23.8. The Hall–Kier alpha value is -4.14. The van der Waals surface area contributed by atoms with Crippen LogP contribution in [0.2, 0.25) is 5.02 Å². The molecule has 9 heteroatoms. The van der Waals surface area contributed by atoms with Gasteiger partial charge < -0.3 is 16.0 Å². The number of anilines is 2. The lowest BCUT2D eigenvalue weighted by molar-refractivity contribution is -0.116. The van der Waals surface area contributed by atoms with Gasteiger partial charge in [0.2, 0.25) is 5.91 Å². The van der Waals surface area contributed by atoms with Crippen molar-refractivity contribution in [2.24, 2.45) is 0 Å². The molecule has 1 atom stereocenters.